The van der Waals surface area contributed by atoms with Gasteiger partial charge in [0, 0.05) is 0 Å². The topological polar surface area (TPSA) is 29.5 Å². The van der Waals surface area contributed by atoms with Gasteiger partial charge in [0.2, 0.25) is 0 Å². The molecule has 0 aromatic heterocycles. The highest BCUT2D eigenvalue weighted by atomic mass is 16.5. The van der Waals surface area contributed by atoms with Crippen molar-refractivity contribution < 1.29 is 9.84 Å². The lowest BCUT2D eigenvalue weighted by Crippen LogP contribution is -2.30. The van der Waals surface area contributed by atoms with E-state index < -0.39 is 5.60 Å². The predicted molar refractivity (Wildman–Crippen MR) is 81.5 cm³/mol. The first-order valence-corrected chi connectivity index (χ1v) is 6.98. The van der Waals surface area contributed by atoms with E-state index >= 15 is 0 Å². The van der Waals surface area contributed by atoms with Gasteiger partial charge < -0.3 is 9.84 Å². The molecule has 0 aliphatic heterocycles. The van der Waals surface area contributed by atoms with Crippen LogP contribution in [0, 0.1) is 23.9 Å². The molecule has 108 valence electrons. The molecule has 0 aliphatic rings. The van der Waals surface area contributed by atoms with Gasteiger partial charge in [0.15, 0.2) is 5.60 Å². The first-order valence-electron chi connectivity index (χ1n) is 6.98. The normalized spacial score (nSPS) is 13.6. The van der Waals surface area contributed by atoms with Crippen LogP contribution in [0.15, 0.2) is 23.3 Å². The molecule has 0 atom stereocenters. The Bertz CT molecular complexity index is 365. The van der Waals surface area contributed by atoms with Crippen molar-refractivity contribution in [1.29, 1.82) is 0 Å². The number of allylic oxidation sites excluding steroid dienone is 2. The summed E-state index contributed by atoms with van der Waals surface area (Å²) >= 11 is 0. The van der Waals surface area contributed by atoms with E-state index in [1.807, 2.05) is 32.9 Å². The molecule has 0 amide bonds. The monoisotopic (exact) mass is 264 g/mol. The van der Waals surface area contributed by atoms with E-state index in [4.69, 9.17) is 4.74 Å². The van der Waals surface area contributed by atoms with Crippen LogP contribution in [0.3, 0.4) is 0 Å². The van der Waals surface area contributed by atoms with Crippen LogP contribution in [0.4, 0.5) is 0 Å². The van der Waals surface area contributed by atoms with Crippen LogP contribution in [-0.2, 0) is 4.74 Å². The van der Waals surface area contributed by atoms with Gasteiger partial charge in [-0.05, 0) is 49.7 Å². The Balaban J connectivity index is 5.56. The van der Waals surface area contributed by atoms with E-state index in [1.54, 1.807) is 0 Å². The van der Waals surface area contributed by atoms with Gasteiger partial charge >= 0.3 is 0 Å². The van der Waals surface area contributed by atoms with Crippen molar-refractivity contribution >= 4 is 0 Å². The largest absolute Gasteiger partial charge is 0.447 e. The highest BCUT2D eigenvalue weighted by Gasteiger charge is 2.29. The molecule has 0 rings (SSSR count). The lowest BCUT2D eigenvalue weighted by molar-refractivity contribution is 0.174. The second-order valence-electron chi connectivity index (χ2n) is 5.56. The molecule has 19 heavy (non-hydrogen) atoms. The van der Waals surface area contributed by atoms with Gasteiger partial charge in [0.05, 0.1) is 6.61 Å². The minimum absolute atomic E-state index is 0.368. The van der Waals surface area contributed by atoms with E-state index in [0.717, 1.165) is 11.1 Å². The molecule has 0 radical (unpaired) electrons. The van der Waals surface area contributed by atoms with Crippen LogP contribution in [0.2, 0.25) is 0 Å². The molecule has 2 nitrogen and oxygen atoms in total. The average molecular weight is 264 g/mol. The van der Waals surface area contributed by atoms with Gasteiger partial charge in [-0.1, -0.05) is 39.8 Å². The molecule has 0 saturated carbocycles. The summed E-state index contributed by atoms with van der Waals surface area (Å²) in [6.45, 7) is 14.6. The van der Waals surface area contributed by atoms with E-state index in [2.05, 4.69) is 39.7 Å². The fraction of sp³-hybridized carbons (Fsp3) is 0.647. The summed E-state index contributed by atoms with van der Waals surface area (Å²) in [4.78, 5) is 0. The highest BCUT2D eigenvalue weighted by molar-refractivity contribution is 5.41. The first-order chi connectivity index (χ1) is 8.74. The molecular formula is C17H28O2. The van der Waals surface area contributed by atoms with Gasteiger partial charge in [0.1, 0.15) is 6.11 Å². The molecule has 0 spiro atoms. The first kappa shape index (κ1) is 17.8. The highest BCUT2D eigenvalue weighted by Crippen LogP contribution is 2.27. The van der Waals surface area contributed by atoms with Crippen LogP contribution in [-0.4, -0.2) is 17.3 Å². The third-order valence-corrected chi connectivity index (χ3v) is 2.76. The molecule has 2 heteroatoms. The van der Waals surface area contributed by atoms with Crippen LogP contribution >= 0.6 is 0 Å². The van der Waals surface area contributed by atoms with Crippen LogP contribution in [0.1, 0.15) is 48.5 Å². The predicted octanol–water partition coefficient (Wildman–Crippen LogP) is 3.92. The fourth-order valence-corrected chi connectivity index (χ4v) is 1.93. The summed E-state index contributed by atoms with van der Waals surface area (Å²) in [6, 6.07) is 0. The third-order valence-electron chi connectivity index (χ3n) is 2.76. The second kappa shape index (κ2) is 8.07. The number of hydrogen-bond donors (Lipinski definition) is 1. The average Bonchev–Trinajstić information content (AvgIpc) is 2.27. The van der Waals surface area contributed by atoms with Crippen molar-refractivity contribution in [3.63, 3.8) is 0 Å². The fourth-order valence-electron chi connectivity index (χ4n) is 1.93. The Labute approximate surface area is 118 Å². The quantitative estimate of drug-likeness (QED) is 0.602. The zero-order valence-electron chi connectivity index (χ0n) is 13.4. The SMILES string of the molecule is CCOC#CC(O)(/C(C)=C/C(C)C)/C(C)=C/C(C)C. The van der Waals surface area contributed by atoms with Crippen molar-refractivity contribution in [2.45, 2.75) is 54.1 Å². The Kier molecular flexibility index (Phi) is 7.56. The van der Waals surface area contributed by atoms with Gasteiger partial charge in [-0.25, -0.2) is 0 Å². The molecule has 0 aromatic carbocycles. The molecule has 0 aromatic rings. The summed E-state index contributed by atoms with van der Waals surface area (Å²) in [5.41, 5.74) is 0.470. The van der Waals surface area contributed by atoms with Crippen molar-refractivity contribution in [2.24, 2.45) is 11.8 Å². The Morgan fingerprint density at radius 1 is 1.11 bits per heavy atom. The van der Waals surface area contributed by atoms with Crippen LogP contribution in [0.25, 0.3) is 0 Å². The van der Waals surface area contributed by atoms with Crippen molar-refractivity contribution in [3.05, 3.63) is 23.3 Å². The third kappa shape index (κ3) is 5.98. The summed E-state index contributed by atoms with van der Waals surface area (Å²) in [5.74, 6) is 3.59. The maximum Gasteiger partial charge on any atom is 0.171 e. The number of hydrogen-bond acceptors (Lipinski definition) is 2. The van der Waals surface area contributed by atoms with E-state index in [0.29, 0.717) is 18.4 Å². The van der Waals surface area contributed by atoms with Gasteiger partial charge in [0.25, 0.3) is 0 Å². The van der Waals surface area contributed by atoms with E-state index in [1.165, 1.54) is 0 Å². The Hall–Kier alpha value is -1.20. The van der Waals surface area contributed by atoms with E-state index in [9.17, 15) is 5.11 Å². The number of aliphatic hydroxyl groups is 1. The minimum atomic E-state index is -1.23. The molecule has 0 saturated heterocycles. The number of ether oxygens (including phenoxy) is 1. The lowest BCUT2D eigenvalue weighted by Gasteiger charge is -2.25. The van der Waals surface area contributed by atoms with Crippen LogP contribution in [0.5, 0.6) is 0 Å². The zero-order valence-corrected chi connectivity index (χ0v) is 13.4. The summed E-state index contributed by atoms with van der Waals surface area (Å²) in [6.07, 6.45) is 6.68. The van der Waals surface area contributed by atoms with Gasteiger partial charge in [-0.2, -0.15) is 0 Å². The maximum absolute atomic E-state index is 10.9. The zero-order chi connectivity index (χ0) is 15.1. The van der Waals surface area contributed by atoms with Crippen molar-refractivity contribution in [2.75, 3.05) is 6.61 Å². The summed E-state index contributed by atoms with van der Waals surface area (Å²) in [7, 11) is 0. The summed E-state index contributed by atoms with van der Waals surface area (Å²) < 4.78 is 5.06. The van der Waals surface area contributed by atoms with Crippen molar-refractivity contribution in [3.8, 4) is 12.0 Å². The van der Waals surface area contributed by atoms with Gasteiger partial charge in [-0.3, -0.25) is 0 Å². The van der Waals surface area contributed by atoms with Crippen LogP contribution < -0.4 is 0 Å². The summed E-state index contributed by atoms with van der Waals surface area (Å²) in [5, 5.41) is 10.9. The lowest BCUT2D eigenvalue weighted by atomic mass is 9.85. The van der Waals surface area contributed by atoms with Crippen molar-refractivity contribution in [1.82, 2.24) is 0 Å². The Morgan fingerprint density at radius 3 is 1.84 bits per heavy atom. The standard InChI is InChI=1S/C17H28O2/c1-8-19-10-9-17(18,15(6)11-13(2)3)16(7)12-14(4)5/h11-14,18H,8H2,1-7H3/b15-11+,16-12+. The van der Waals surface area contributed by atoms with E-state index in [-0.39, 0.29) is 0 Å². The van der Waals surface area contributed by atoms with Gasteiger partial charge in [-0.15, -0.1) is 0 Å². The second-order valence-corrected chi connectivity index (χ2v) is 5.56. The Morgan fingerprint density at radius 2 is 1.53 bits per heavy atom. The smallest absolute Gasteiger partial charge is 0.171 e. The molecule has 0 fully saturated rings. The molecular weight excluding hydrogens is 236 g/mol. The molecule has 0 aliphatic carbocycles. The maximum atomic E-state index is 10.9. The molecule has 0 unspecified atom stereocenters. The molecule has 0 bridgehead atoms. The minimum Gasteiger partial charge on any atom is -0.447 e. The molecule has 0 heterocycles. The number of rotatable bonds is 5. The molecule has 1 N–H and O–H groups in total.